The minimum atomic E-state index is -3.96. The minimum Gasteiger partial charge on any atom is -0.378 e. The lowest BCUT2D eigenvalue weighted by Gasteiger charge is -2.10. The molecule has 0 amide bonds. The molecule has 1 N–H and O–H groups in total. The Bertz CT molecular complexity index is 1050. The first-order chi connectivity index (χ1) is 12.9. The van der Waals surface area contributed by atoms with E-state index < -0.39 is 14.9 Å². The Morgan fingerprint density at radius 2 is 1.81 bits per heavy atom. The minimum absolute atomic E-state index is 0.0952. The van der Waals surface area contributed by atoms with E-state index in [1.165, 1.54) is 23.9 Å². The fraction of sp³-hybridized carbons (Fsp3) is 0.118. The van der Waals surface area contributed by atoms with Gasteiger partial charge in [-0.2, -0.15) is 5.10 Å². The van der Waals surface area contributed by atoms with Gasteiger partial charge in [-0.05, 0) is 24.3 Å². The van der Waals surface area contributed by atoms with Crippen LogP contribution in [-0.2, 0) is 21.4 Å². The van der Waals surface area contributed by atoms with Crippen molar-refractivity contribution in [1.29, 1.82) is 0 Å². The van der Waals surface area contributed by atoms with Crippen molar-refractivity contribution in [2.45, 2.75) is 11.5 Å². The molecule has 1 aromatic heterocycles. The zero-order chi connectivity index (χ0) is 19.4. The number of benzene rings is 2. The maximum absolute atomic E-state index is 12.7. The van der Waals surface area contributed by atoms with E-state index in [2.05, 4.69) is 9.82 Å². The number of non-ortho nitro benzene ring substituents is 1. The number of nitrogens with zero attached hydrogens (tertiary/aromatic N) is 3. The molecule has 0 saturated heterocycles. The molecule has 27 heavy (non-hydrogen) atoms. The van der Waals surface area contributed by atoms with Crippen molar-refractivity contribution in [3.05, 3.63) is 76.5 Å². The van der Waals surface area contributed by atoms with Crippen LogP contribution in [0.2, 0.25) is 0 Å². The number of aromatic nitrogens is 2. The number of ether oxygens (including phenoxy) is 1. The number of nitro benzene ring substituents is 1. The molecule has 0 aliphatic heterocycles. The number of nitrogens with one attached hydrogen (secondary N) is 1. The van der Waals surface area contributed by atoms with Gasteiger partial charge in [0.2, 0.25) is 0 Å². The molecular weight excluding hydrogens is 372 g/mol. The topological polar surface area (TPSA) is 116 Å². The second-order valence-corrected chi connectivity index (χ2v) is 7.24. The number of nitro groups is 1. The Kier molecular flexibility index (Phi) is 5.19. The summed E-state index contributed by atoms with van der Waals surface area (Å²) < 4.78 is 34.4. The van der Waals surface area contributed by atoms with E-state index in [-0.39, 0.29) is 23.0 Å². The number of hydrogen-bond donors (Lipinski definition) is 1. The number of para-hydroxylation sites is 1. The lowest BCUT2D eigenvalue weighted by Crippen LogP contribution is -2.15. The summed E-state index contributed by atoms with van der Waals surface area (Å²) in [6.45, 7) is 0.214. The van der Waals surface area contributed by atoms with Crippen molar-refractivity contribution < 1.29 is 18.1 Å². The van der Waals surface area contributed by atoms with Gasteiger partial charge in [0.25, 0.3) is 15.7 Å². The fourth-order valence-electron chi connectivity index (χ4n) is 2.43. The molecule has 0 aliphatic carbocycles. The summed E-state index contributed by atoms with van der Waals surface area (Å²) in [4.78, 5) is 10.0. The predicted octanol–water partition coefficient (Wildman–Crippen LogP) is 2.73. The molecule has 0 spiro atoms. The van der Waals surface area contributed by atoms with Crippen molar-refractivity contribution in [3.8, 4) is 5.69 Å². The van der Waals surface area contributed by atoms with Crippen LogP contribution >= 0.6 is 0 Å². The summed E-state index contributed by atoms with van der Waals surface area (Å²) in [5.41, 5.74) is 1.02. The summed E-state index contributed by atoms with van der Waals surface area (Å²) in [7, 11) is -2.45. The fourth-order valence-corrected chi connectivity index (χ4v) is 3.46. The number of methoxy groups -OCH3 is 1. The van der Waals surface area contributed by atoms with E-state index in [1.54, 1.807) is 18.2 Å². The molecule has 0 bridgehead atoms. The first kappa shape index (κ1) is 18.5. The average molecular weight is 388 g/mol. The zero-order valence-electron chi connectivity index (χ0n) is 14.3. The van der Waals surface area contributed by atoms with Gasteiger partial charge >= 0.3 is 0 Å². The average Bonchev–Trinajstić information content (AvgIpc) is 3.04. The second-order valence-electron chi connectivity index (χ2n) is 5.56. The molecule has 0 radical (unpaired) electrons. The lowest BCUT2D eigenvalue weighted by atomic mass is 10.3. The van der Waals surface area contributed by atoms with E-state index in [9.17, 15) is 18.5 Å². The van der Waals surface area contributed by atoms with Crippen molar-refractivity contribution in [2.24, 2.45) is 0 Å². The highest BCUT2D eigenvalue weighted by atomic mass is 32.2. The van der Waals surface area contributed by atoms with E-state index >= 15 is 0 Å². The van der Waals surface area contributed by atoms with Gasteiger partial charge in [0.1, 0.15) is 5.82 Å². The first-order valence-electron chi connectivity index (χ1n) is 7.81. The van der Waals surface area contributed by atoms with Crippen LogP contribution in [0.5, 0.6) is 0 Å². The third-order valence-electron chi connectivity index (χ3n) is 3.65. The molecule has 0 saturated carbocycles. The number of rotatable bonds is 7. The lowest BCUT2D eigenvalue weighted by molar-refractivity contribution is -0.384. The van der Waals surface area contributed by atoms with Gasteiger partial charge in [-0.3, -0.25) is 14.8 Å². The Morgan fingerprint density at radius 3 is 2.41 bits per heavy atom. The Morgan fingerprint density at radius 1 is 1.15 bits per heavy atom. The molecule has 1 heterocycles. The van der Waals surface area contributed by atoms with Gasteiger partial charge in [-0.15, -0.1) is 0 Å². The van der Waals surface area contributed by atoms with Crippen LogP contribution in [0.15, 0.2) is 65.6 Å². The summed E-state index contributed by atoms with van der Waals surface area (Å²) in [6.07, 6.45) is 0. The largest absolute Gasteiger partial charge is 0.378 e. The molecule has 9 nitrogen and oxygen atoms in total. The standard InChI is InChI=1S/C17H16N4O5S/c1-26-12-13-11-17(20(18-13)14-5-3-2-4-6-14)19-27(24,25)16-9-7-15(8-10-16)21(22)23/h2-11,19H,12H2,1H3. The normalized spacial score (nSPS) is 11.3. The smallest absolute Gasteiger partial charge is 0.269 e. The van der Waals surface area contributed by atoms with Crippen LogP contribution in [0, 0.1) is 10.1 Å². The summed E-state index contributed by atoms with van der Waals surface area (Å²) in [6, 6.07) is 15.2. The highest BCUT2D eigenvalue weighted by molar-refractivity contribution is 7.92. The summed E-state index contributed by atoms with van der Waals surface area (Å²) in [5.74, 6) is 0.228. The number of anilines is 1. The van der Waals surface area contributed by atoms with Crippen LogP contribution in [0.25, 0.3) is 5.69 Å². The van der Waals surface area contributed by atoms with Crippen molar-refractivity contribution >= 4 is 21.5 Å². The quantitative estimate of drug-likeness (QED) is 0.491. The van der Waals surface area contributed by atoms with Crippen LogP contribution in [0.4, 0.5) is 11.5 Å². The van der Waals surface area contributed by atoms with E-state index in [1.807, 2.05) is 18.2 Å². The van der Waals surface area contributed by atoms with Crippen LogP contribution < -0.4 is 4.72 Å². The molecule has 3 rings (SSSR count). The van der Waals surface area contributed by atoms with Gasteiger partial charge in [-0.1, -0.05) is 18.2 Å². The highest BCUT2D eigenvalue weighted by Gasteiger charge is 2.20. The Hall–Kier alpha value is -3.24. The SMILES string of the molecule is COCc1cc(NS(=O)(=O)c2ccc([N+](=O)[O-])cc2)n(-c2ccccc2)n1. The van der Waals surface area contributed by atoms with Gasteiger partial charge in [0.15, 0.2) is 0 Å². The molecule has 3 aromatic rings. The molecule has 2 aromatic carbocycles. The van der Waals surface area contributed by atoms with Crippen LogP contribution in [-0.4, -0.2) is 30.2 Å². The number of hydrogen-bond acceptors (Lipinski definition) is 6. The summed E-state index contributed by atoms with van der Waals surface area (Å²) in [5, 5.41) is 15.1. The maximum Gasteiger partial charge on any atom is 0.269 e. The van der Waals surface area contributed by atoms with Crippen molar-refractivity contribution in [2.75, 3.05) is 11.8 Å². The first-order valence-corrected chi connectivity index (χ1v) is 9.29. The monoisotopic (exact) mass is 388 g/mol. The van der Waals surface area contributed by atoms with Gasteiger partial charge in [0, 0.05) is 25.3 Å². The molecule has 0 aliphatic rings. The van der Waals surface area contributed by atoms with Gasteiger partial charge < -0.3 is 4.74 Å². The zero-order valence-corrected chi connectivity index (χ0v) is 15.1. The van der Waals surface area contributed by atoms with Crippen molar-refractivity contribution in [3.63, 3.8) is 0 Å². The van der Waals surface area contributed by atoms with E-state index in [0.717, 1.165) is 12.1 Å². The molecule has 140 valence electrons. The van der Waals surface area contributed by atoms with Crippen LogP contribution in [0.1, 0.15) is 5.69 Å². The highest BCUT2D eigenvalue weighted by Crippen LogP contribution is 2.22. The molecular formula is C17H16N4O5S. The third kappa shape index (κ3) is 4.13. The number of sulfonamides is 1. The molecule has 10 heteroatoms. The Labute approximate surface area is 155 Å². The predicted molar refractivity (Wildman–Crippen MR) is 98.2 cm³/mol. The molecule has 0 unspecified atom stereocenters. The summed E-state index contributed by atoms with van der Waals surface area (Å²) >= 11 is 0. The maximum atomic E-state index is 12.7. The molecule has 0 atom stereocenters. The second kappa shape index (κ2) is 7.56. The van der Waals surface area contributed by atoms with E-state index in [0.29, 0.717) is 11.4 Å². The van der Waals surface area contributed by atoms with Crippen LogP contribution in [0.3, 0.4) is 0 Å². The van der Waals surface area contributed by atoms with Gasteiger partial charge in [-0.25, -0.2) is 13.1 Å². The van der Waals surface area contributed by atoms with Crippen molar-refractivity contribution in [1.82, 2.24) is 9.78 Å². The Balaban J connectivity index is 1.97. The van der Waals surface area contributed by atoms with Gasteiger partial charge in [0.05, 0.1) is 27.8 Å². The third-order valence-corrected chi connectivity index (χ3v) is 5.02. The molecule has 0 fully saturated rings. The van der Waals surface area contributed by atoms with E-state index in [4.69, 9.17) is 4.74 Å².